The molecule has 3 aromatic rings. The quantitative estimate of drug-likeness (QED) is 0.461. The molecule has 1 aliphatic heterocycles. The summed E-state index contributed by atoms with van der Waals surface area (Å²) in [6, 6.07) is 13.6. The Balaban J connectivity index is 1.44. The Morgan fingerprint density at radius 1 is 1.11 bits per heavy atom. The number of amides is 1. The maximum atomic E-state index is 13.3. The molecule has 1 saturated heterocycles. The van der Waals surface area contributed by atoms with E-state index in [2.05, 4.69) is 21.8 Å². The minimum absolute atomic E-state index is 0.0472. The number of hydrogen-bond acceptors (Lipinski definition) is 7. The fraction of sp³-hybridized carbons (Fsp3) is 0.417. The third-order valence-electron chi connectivity index (χ3n) is 6.21. The van der Waals surface area contributed by atoms with Crippen molar-refractivity contribution in [2.45, 2.75) is 23.9 Å². The van der Waals surface area contributed by atoms with Gasteiger partial charge < -0.3 is 9.32 Å². The molecular weight excluding hydrogens is 488 g/mol. The molecular formula is C24H30N4O5S2. The van der Waals surface area contributed by atoms with Gasteiger partial charge in [-0.1, -0.05) is 30.3 Å². The van der Waals surface area contributed by atoms with Gasteiger partial charge >= 0.3 is 5.76 Å². The number of benzene rings is 2. The van der Waals surface area contributed by atoms with Gasteiger partial charge in [0.2, 0.25) is 15.9 Å². The summed E-state index contributed by atoms with van der Waals surface area (Å²) < 4.78 is 35.4. The number of rotatable bonds is 9. The average molecular weight is 519 g/mol. The van der Waals surface area contributed by atoms with Gasteiger partial charge in [0.15, 0.2) is 5.58 Å². The van der Waals surface area contributed by atoms with E-state index in [0.29, 0.717) is 30.8 Å². The molecule has 0 aliphatic carbocycles. The van der Waals surface area contributed by atoms with Gasteiger partial charge in [-0.25, -0.2) is 13.2 Å². The minimum atomic E-state index is -4.01. The average Bonchev–Trinajstić information content (AvgIpc) is 3.15. The van der Waals surface area contributed by atoms with Crippen LogP contribution in [0.15, 0.2) is 62.6 Å². The lowest BCUT2D eigenvalue weighted by atomic mass is 10.1. The van der Waals surface area contributed by atoms with Gasteiger partial charge in [-0.05, 0) is 36.1 Å². The number of piperazine rings is 1. The SMILES string of the molecule is CSCC[C@H](NS(=O)(=O)c1ccc2c(c1)oc(=O)n2C)C(=O)N1CCN(Cc2ccccc2)CC1. The van der Waals surface area contributed by atoms with E-state index in [1.807, 2.05) is 24.5 Å². The molecule has 188 valence electrons. The van der Waals surface area contributed by atoms with Crippen LogP contribution in [-0.2, 0) is 28.4 Å². The zero-order chi connectivity index (χ0) is 25.0. The van der Waals surface area contributed by atoms with Crippen molar-refractivity contribution in [1.29, 1.82) is 0 Å². The van der Waals surface area contributed by atoms with Crippen molar-refractivity contribution in [2.24, 2.45) is 7.05 Å². The highest BCUT2D eigenvalue weighted by atomic mass is 32.2. The number of aryl methyl sites for hydroxylation is 1. The second kappa shape index (κ2) is 11.0. The molecule has 2 aromatic carbocycles. The van der Waals surface area contributed by atoms with Crippen molar-refractivity contribution in [2.75, 3.05) is 38.2 Å². The highest BCUT2D eigenvalue weighted by Gasteiger charge is 2.31. The van der Waals surface area contributed by atoms with E-state index < -0.39 is 21.8 Å². The number of carbonyl (C=O) groups is 1. The van der Waals surface area contributed by atoms with E-state index in [1.54, 1.807) is 23.7 Å². The lowest BCUT2D eigenvalue weighted by molar-refractivity contribution is -0.134. The maximum absolute atomic E-state index is 13.3. The van der Waals surface area contributed by atoms with Crippen LogP contribution in [0.3, 0.4) is 0 Å². The fourth-order valence-corrected chi connectivity index (χ4v) is 5.90. The predicted octanol–water partition coefficient (Wildman–Crippen LogP) is 1.88. The van der Waals surface area contributed by atoms with Gasteiger partial charge in [0, 0.05) is 45.8 Å². The first kappa shape index (κ1) is 25.5. The second-order valence-corrected chi connectivity index (χ2v) is 11.3. The third-order valence-corrected chi connectivity index (χ3v) is 8.33. The number of carbonyl (C=O) groups excluding carboxylic acids is 1. The molecule has 2 heterocycles. The number of thioether (sulfide) groups is 1. The van der Waals surface area contributed by atoms with Crippen LogP contribution in [0, 0.1) is 0 Å². The van der Waals surface area contributed by atoms with Gasteiger partial charge in [0.1, 0.15) is 6.04 Å². The van der Waals surface area contributed by atoms with Crippen molar-refractivity contribution in [3.8, 4) is 0 Å². The van der Waals surface area contributed by atoms with Crippen LogP contribution < -0.4 is 10.5 Å². The van der Waals surface area contributed by atoms with Crippen LogP contribution in [0.1, 0.15) is 12.0 Å². The second-order valence-electron chi connectivity index (χ2n) is 8.60. The van der Waals surface area contributed by atoms with E-state index in [-0.39, 0.29) is 16.4 Å². The first-order chi connectivity index (χ1) is 16.8. The first-order valence-corrected chi connectivity index (χ1v) is 14.3. The number of nitrogens with one attached hydrogen (secondary N) is 1. The van der Waals surface area contributed by atoms with Crippen molar-refractivity contribution < 1.29 is 17.6 Å². The number of oxazole rings is 1. The first-order valence-electron chi connectivity index (χ1n) is 11.4. The van der Waals surface area contributed by atoms with E-state index in [0.717, 1.165) is 19.6 Å². The van der Waals surface area contributed by atoms with E-state index in [4.69, 9.17) is 4.42 Å². The van der Waals surface area contributed by atoms with Gasteiger partial charge in [-0.15, -0.1) is 0 Å². The van der Waals surface area contributed by atoms with Crippen LogP contribution in [0.2, 0.25) is 0 Å². The zero-order valence-corrected chi connectivity index (χ0v) is 21.5. The van der Waals surface area contributed by atoms with Crippen molar-refractivity contribution in [1.82, 2.24) is 19.1 Å². The molecule has 35 heavy (non-hydrogen) atoms. The molecule has 1 N–H and O–H groups in total. The highest BCUT2D eigenvalue weighted by Crippen LogP contribution is 2.19. The number of fused-ring (bicyclic) bond motifs is 1. The maximum Gasteiger partial charge on any atom is 0.419 e. The van der Waals surface area contributed by atoms with Gasteiger partial charge in [-0.2, -0.15) is 16.5 Å². The summed E-state index contributed by atoms with van der Waals surface area (Å²) in [7, 11) is -2.46. The number of nitrogens with zero attached hydrogens (tertiary/aromatic N) is 3. The lowest BCUT2D eigenvalue weighted by Crippen LogP contribution is -2.54. The molecule has 1 aliphatic rings. The molecule has 0 unspecified atom stereocenters. The fourth-order valence-electron chi connectivity index (χ4n) is 4.19. The zero-order valence-electron chi connectivity index (χ0n) is 19.8. The Bertz CT molecular complexity index is 1330. The van der Waals surface area contributed by atoms with Crippen LogP contribution in [0.25, 0.3) is 11.1 Å². The number of sulfonamides is 1. The summed E-state index contributed by atoms with van der Waals surface area (Å²) in [5.74, 6) is -0.143. The summed E-state index contributed by atoms with van der Waals surface area (Å²) in [5.41, 5.74) is 1.91. The molecule has 0 saturated carbocycles. The van der Waals surface area contributed by atoms with Gasteiger partial charge in [0.25, 0.3) is 0 Å². The molecule has 1 aromatic heterocycles. The summed E-state index contributed by atoms with van der Waals surface area (Å²) >= 11 is 1.56. The molecule has 1 atom stereocenters. The molecule has 9 nitrogen and oxygen atoms in total. The summed E-state index contributed by atoms with van der Waals surface area (Å²) in [6.45, 7) is 3.37. The Morgan fingerprint density at radius 2 is 1.83 bits per heavy atom. The van der Waals surface area contributed by atoms with Crippen molar-refractivity contribution >= 4 is 38.8 Å². The summed E-state index contributed by atoms with van der Waals surface area (Å²) in [6.07, 6.45) is 2.30. The van der Waals surface area contributed by atoms with Crippen LogP contribution in [0.4, 0.5) is 0 Å². The van der Waals surface area contributed by atoms with Gasteiger partial charge in [0.05, 0.1) is 10.4 Å². The Hall–Kier alpha value is -2.60. The summed E-state index contributed by atoms with van der Waals surface area (Å²) in [4.78, 5) is 29.1. The number of hydrogen-bond donors (Lipinski definition) is 1. The highest BCUT2D eigenvalue weighted by molar-refractivity contribution is 7.98. The lowest BCUT2D eigenvalue weighted by Gasteiger charge is -2.36. The van der Waals surface area contributed by atoms with E-state index >= 15 is 0 Å². The van der Waals surface area contributed by atoms with E-state index in [1.165, 1.54) is 28.3 Å². The molecule has 4 rings (SSSR count). The predicted molar refractivity (Wildman–Crippen MR) is 137 cm³/mol. The normalized spacial score (nSPS) is 16.0. The monoisotopic (exact) mass is 518 g/mol. The topological polar surface area (TPSA) is 105 Å². The number of aromatic nitrogens is 1. The van der Waals surface area contributed by atoms with Crippen LogP contribution >= 0.6 is 11.8 Å². The minimum Gasteiger partial charge on any atom is -0.408 e. The third kappa shape index (κ3) is 5.97. The molecule has 0 spiro atoms. The van der Waals surface area contributed by atoms with Crippen LogP contribution in [0.5, 0.6) is 0 Å². The standard InChI is InChI=1S/C24H30N4O5S2/c1-26-21-9-8-19(16-22(21)33-24(26)30)35(31,32)25-20(10-15-34-2)23(29)28-13-11-27(12-14-28)17-18-6-4-3-5-7-18/h3-9,16,20,25H,10-15,17H2,1-2H3/t20-/m0/s1. The summed E-state index contributed by atoms with van der Waals surface area (Å²) in [5, 5.41) is 0. The van der Waals surface area contributed by atoms with Crippen molar-refractivity contribution in [3.05, 3.63) is 64.6 Å². The molecule has 11 heteroatoms. The van der Waals surface area contributed by atoms with Gasteiger partial charge in [-0.3, -0.25) is 14.3 Å². The Kier molecular flexibility index (Phi) is 8.00. The molecule has 1 fully saturated rings. The Morgan fingerprint density at radius 3 is 2.51 bits per heavy atom. The van der Waals surface area contributed by atoms with E-state index in [9.17, 15) is 18.0 Å². The van der Waals surface area contributed by atoms with Crippen molar-refractivity contribution in [3.63, 3.8) is 0 Å². The van der Waals surface area contributed by atoms with Crippen LogP contribution in [-0.4, -0.2) is 72.9 Å². The molecule has 0 radical (unpaired) electrons. The molecule has 0 bridgehead atoms. The molecule has 1 amide bonds. The largest absolute Gasteiger partial charge is 0.419 e. The Labute approximate surface area is 209 Å². The smallest absolute Gasteiger partial charge is 0.408 e.